The smallest absolute Gasteiger partial charge is 0.329 e. The number of aliphatic carboxylic acids is 1. The third-order valence-electron chi connectivity index (χ3n) is 3.69. The summed E-state index contributed by atoms with van der Waals surface area (Å²) in [6.07, 6.45) is 1.83. The van der Waals surface area contributed by atoms with Gasteiger partial charge in [0.2, 0.25) is 0 Å². The molecule has 0 radical (unpaired) electrons. The van der Waals surface area contributed by atoms with Crippen LogP contribution in [0.5, 0.6) is 0 Å². The fourth-order valence-corrected chi connectivity index (χ4v) is 2.43. The maximum atomic E-state index is 12.4. The molecule has 1 fully saturated rings. The zero-order valence-corrected chi connectivity index (χ0v) is 11.0. The van der Waals surface area contributed by atoms with E-state index in [1.54, 1.807) is 0 Å². The summed E-state index contributed by atoms with van der Waals surface area (Å²) in [5.74, 6) is -1.88. The number of H-pyrrole nitrogens is 1. The summed E-state index contributed by atoms with van der Waals surface area (Å²) in [4.78, 5) is 37.4. The maximum Gasteiger partial charge on any atom is 0.329 e. The Morgan fingerprint density at radius 3 is 2.70 bits per heavy atom. The molecule has 1 saturated heterocycles. The van der Waals surface area contributed by atoms with Crippen molar-refractivity contribution in [3.63, 3.8) is 0 Å². The minimum atomic E-state index is -1.27. The molecule has 0 aliphatic carbocycles. The lowest BCUT2D eigenvalue weighted by Gasteiger charge is -2.40. The lowest BCUT2D eigenvalue weighted by atomic mass is 9.88. The van der Waals surface area contributed by atoms with Crippen molar-refractivity contribution < 1.29 is 19.6 Å². The topological polar surface area (TPSA) is 117 Å². The maximum absolute atomic E-state index is 12.4. The van der Waals surface area contributed by atoms with Crippen molar-refractivity contribution in [2.75, 3.05) is 6.54 Å². The molecule has 0 bridgehead atoms. The number of carbonyl (C=O) groups is 2. The van der Waals surface area contributed by atoms with Crippen LogP contribution in [0.1, 0.15) is 36.7 Å². The average molecular weight is 281 g/mol. The molecule has 1 aliphatic heterocycles. The number of nitrogens with zero attached hydrogens (tertiary/aromatic N) is 2. The zero-order chi connectivity index (χ0) is 14.9. The summed E-state index contributed by atoms with van der Waals surface area (Å²) in [6, 6.07) is 2.49. The largest absolute Gasteiger partial charge is 0.480 e. The number of carboxylic acids is 1. The van der Waals surface area contributed by atoms with E-state index in [1.165, 1.54) is 24.0 Å². The summed E-state index contributed by atoms with van der Waals surface area (Å²) in [6.45, 7) is 1.83. The number of hydrogen-bond acceptors (Lipinski definition) is 4. The normalized spacial score (nSPS) is 22.6. The average Bonchev–Trinajstić information content (AvgIpc) is 2.88. The summed E-state index contributed by atoms with van der Waals surface area (Å²) in [7, 11) is 0. The van der Waals surface area contributed by atoms with E-state index in [0.29, 0.717) is 13.0 Å². The van der Waals surface area contributed by atoms with Crippen LogP contribution in [-0.4, -0.2) is 43.9 Å². The number of carboxylic acid groups (broad SMARTS) is 1. The Morgan fingerprint density at radius 1 is 1.45 bits per heavy atom. The third kappa shape index (κ3) is 2.24. The number of rotatable bonds is 3. The van der Waals surface area contributed by atoms with Gasteiger partial charge in [-0.2, -0.15) is 0 Å². The molecular weight excluding hydrogens is 266 g/mol. The van der Waals surface area contributed by atoms with Crippen LogP contribution < -0.4 is 0 Å². The minimum absolute atomic E-state index is 0.0334. The highest BCUT2D eigenvalue weighted by Gasteiger charge is 2.45. The molecule has 1 unspecified atom stereocenters. The summed E-state index contributed by atoms with van der Waals surface area (Å²) in [5.41, 5.74) is -1.24. The van der Waals surface area contributed by atoms with Crippen LogP contribution in [0.3, 0.4) is 0 Å². The van der Waals surface area contributed by atoms with Crippen LogP contribution in [0, 0.1) is 10.1 Å². The van der Waals surface area contributed by atoms with E-state index in [2.05, 4.69) is 4.98 Å². The summed E-state index contributed by atoms with van der Waals surface area (Å²) in [5, 5.41) is 19.9. The number of aromatic nitrogens is 1. The summed E-state index contributed by atoms with van der Waals surface area (Å²) >= 11 is 0. The number of amides is 1. The first-order valence-electron chi connectivity index (χ1n) is 6.25. The second kappa shape index (κ2) is 4.95. The molecule has 20 heavy (non-hydrogen) atoms. The third-order valence-corrected chi connectivity index (χ3v) is 3.69. The number of carbonyl (C=O) groups excluding carboxylic acids is 1. The highest BCUT2D eigenvalue weighted by Crippen LogP contribution is 2.30. The van der Waals surface area contributed by atoms with Crippen molar-refractivity contribution in [2.24, 2.45) is 0 Å². The summed E-state index contributed by atoms with van der Waals surface area (Å²) < 4.78 is 0. The standard InChI is InChI=1S/C12H15N3O5/c1-12(11(17)18)6-2-3-7-14(12)10(16)8-4-5-9(13-8)15(19)20/h4-5,13H,2-3,6-7H2,1H3,(H,17,18). The van der Waals surface area contributed by atoms with Crippen LogP contribution in [0.25, 0.3) is 0 Å². The van der Waals surface area contributed by atoms with Crippen molar-refractivity contribution in [3.8, 4) is 0 Å². The molecule has 0 spiro atoms. The molecule has 2 rings (SSSR count). The predicted octanol–water partition coefficient (Wildman–Crippen LogP) is 1.39. The molecule has 1 aliphatic rings. The quantitative estimate of drug-likeness (QED) is 0.641. The van der Waals surface area contributed by atoms with Gasteiger partial charge in [0.25, 0.3) is 5.91 Å². The Morgan fingerprint density at radius 2 is 2.15 bits per heavy atom. The monoisotopic (exact) mass is 281 g/mol. The number of hydrogen-bond donors (Lipinski definition) is 2. The second-order valence-corrected chi connectivity index (χ2v) is 5.01. The van der Waals surface area contributed by atoms with Crippen LogP contribution in [0.15, 0.2) is 12.1 Å². The molecule has 8 nitrogen and oxygen atoms in total. The van der Waals surface area contributed by atoms with Gasteiger partial charge in [-0.15, -0.1) is 0 Å². The highest BCUT2D eigenvalue weighted by molar-refractivity contribution is 5.96. The van der Waals surface area contributed by atoms with Gasteiger partial charge in [0.1, 0.15) is 5.54 Å². The molecule has 1 aromatic rings. The fraction of sp³-hybridized carbons (Fsp3) is 0.500. The molecule has 0 saturated carbocycles. The highest BCUT2D eigenvalue weighted by atomic mass is 16.6. The molecule has 1 aromatic heterocycles. The van der Waals surface area contributed by atoms with Crippen molar-refractivity contribution in [2.45, 2.75) is 31.7 Å². The first kappa shape index (κ1) is 14.0. The molecule has 1 atom stereocenters. The zero-order valence-electron chi connectivity index (χ0n) is 11.0. The first-order chi connectivity index (χ1) is 9.36. The Balaban J connectivity index is 2.30. The molecule has 2 heterocycles. The number of piperidine rings is 1. The van der Waals surface area contributed by atoms with Crippen molar-refractivity contribution in [1.29, 1.82) is 0 Å². The molecule has 108 valence electrons. The Bertz CT molecular complexity index is 567. The van der Waals surface area contributed by atoms with Gasteiger partial charge in [-0.05, 0) is 37.2 Å². The van der Waals surface area contributed by atoms with E-state index in [-0.39, 0.29) is 11.5 Å². The van der Waals surface area contributed by atoms with Gasteiger partial charge < -0.3 is 20.1 Å². The number of nitro groups is 1. The second-order valence-electron chi connectivity index (χ2n) is 5.01. The SMILES string of the molecule is CC1(C(=O)O)CCCCN1C(=O)c1ccc([N+](=O)[O-])[nH]1. The van der Waals surface area contributed by atoms with Gasteiger partial charge in [-0.1, -0.05) is 0 Å². The Kier molecular flexibility index (Phi) is 3.47. The van der Waals surface area contributed by atoms with E-state index in [4.69, 9.17) is 0 Å². The number of likely N-dealkylation sites (tertiary alicyclic amines) is 1. The molecule has 1 amide bonds. The molecular formula is C12H15N3O5. The van der Waals surface area contributed by atoms with Crippen molar-refractivity contribution >= 4 is 17.7 Å². The van der Waals surface area contributed by atoms with E-state index in [9.17, 15) is 24.8 Å². The van der Waals surface area contributed by atoms with Crippen LogP contribution in [0.4, 0.5) is 5.82 Å². The van der Waals surface area contributed by atoms with Gasteiger partial charge in [0.05, 0.1) is 0 Å². The fourth-order valence-electron chi connectivity index (χ4n) is 2.43. The molecule has 8 heteroatoms. The van der Waals surface area contributed by atoms with Crippen molar-refractivity contribution in [3.05, 3.63) is 27.9 Å². The van der Waals surface area contributed by atoms with E-state index in [0.717, 1.165) is 12.8 Å². The Hall–Kier alpha value is -2.38. The predicted molar refractivity (Wildman–Crippen MR) is 68.4 cm³/mol. The van der Waals surface area contributed by atoms with Crippen molar-refractivity contribution in [1.82, 2.24) is 9.88 Å². The van der Waals surface area contributed by atoms with E-state index >= 15 is 0 Å². The lowest BCUT2D eigenvalue weighted by molar-refractivity contribution is -0.389. The van der Waals surface area contributed by atoms with E-state index in [1.807, 2.05) is 0 Å². The Labute approximate surface area is 114 Å². The minimum Gasteiger partial charge on any atom is -0.480 e. The lowest BCUT2D eigenvalue weighted by Crippen LogP contribution is -2.57. The van der Waals surface area contributed by atoms with Crippen LogP contribution in [-0.2, 0) is 4.79 Å². The number of aromatic amines is 1. The first-order valence-corrected chi connectivity index (χ1v) is 6.25. The number of nitrogens with one attached hydrogen (secondary N) is 1. The molecule has 2 N–H and O–H groups in total. The van der Waals surface area contributed by atoms with E-state index < -0.39 is 22.3 Å². The van der Waals surface area contributed by atoms with Gasteiger partial charge in [0.15, 0.2) is 5.69 Å². The van der Waals surface area contributed by atoms with Gasteiger partial charge >= 0.3 is 11.8 Å². The molecule has 0 aromatic carbocycles. The van der Waals surface area contributed by atoms with Crippen LogP contribution in [0.2, 0.25) is 0 Å². The van der Waals surface area contributed by atoms with Gasteiger partial charge in [0, 0.05) is 12.6 Å². The van der Waals surface area contributed by atoms with Crippen LogP contribution >= 0.6 is 0 Å². The van der Waals surface area contributed by atoms with Gasteiger partial charge in [-0.3, -0.25) is 4.79 Å². The van der Waals surface area contributed by atoms with Gasteiger partial charge in [-0.25, -0.2) is 9.78 Å².